The molecule has 0 saturated heterocycles. The highest BCUT2D eigenvalue weighted by atomic mass is 32.2. The van der Waals surface area contributed by atoms with E-state index < -0.39 is 10.8 Å². The Hall–Kier alpha value is -0.620. The van der Waals surface area contributed by atoms with Crippen LogP contribution in [0.3, 0.4) is 0 Å². The summed E-state index contributed by atoms with van der Waals surface area (Å²) in [5.41, 5.74) is 5.40. The van der Waals surface area contributed by atoms with Crippen LogP contribution < -0.4 is 5.73 Å². The van der Waals surface area contributed by atoms with E-state index in [4.69, 9.17) is 5.73 Å². The van der Waals surface area contributed by atoms with Gasteiger partial charge in [0, 0.05) is 12.3 Å². The zero-order valence-electron chi connectivity index (χ0n) is 6.77. The van der Waals surface area contributed by atoms with Gasteiger partial charge in [0.25, 0.3) is 0 Å². The first kappa shape index (κ1) is 9.47. The molecular formula is C6H9N3OS2. The van der Waals surface area contributed by atoms with Crippen molar-refractivity contribution in [2.24, 2.45) is 0 Å². The molecule has 1 rings (SSSR count). The van der Waals surface area contributed by atoms with Gasteiger partial charge >= 0.3 is 0 Å². The van der Waals surface area contributed by atoms with Gasteiger partial charge in [-0.1, -0.05) is 0 Å². The van der Waals surface area contributed by atoms with Crippen molar-refractivity contribution in [1.82, 2.24) is 9.97 Å². The third kappa shape index (κ3) is 2.18. The van der Waals surface area contributed by atoms with Crippen LogP contribution in [-0.2, 0) is 10.8 Å². The van der Waals surface area contributed by atoms with Gasteiger partial charge in [-0.3, -0.25) is 4.21 Å². The second kappa shape index (κ2) is 3.86. The Labute approximate surface area is 77.4 Å². The summed E-state index contributed by atoms with van der Waals surface area (Å²) in [7, 11) is -1.10. The molecule has 1 aromatic rings. The fourth-order valence-electron chi connectivity index (χ4n) is 0.673. The predicted molar refractivity (Wildman–Crippen MR) is 50.6 cm³/mol. The topological polar surface area (TPSA) is 68.9 Å². The summed E-state index contributed by atoms with van der Waals surface area (Å²) in [6.07, 6.45) is 3.44. The van der Waals surface area contributed by atoms with E-state index in [1.165, 1.54) is 11.8 Å². The molecule has 0 radical (unpaired) electrons. The molecule has 12 heavy (non-hydrogen) atoms. The highest BCUT2D eigenvalue weighted by Gasteiger charge is 2.03. The number of rotatable bonds is 2. The summed E-state index contributed by atoms with van der Waals surface area (Å²) in [6.45, 7) is 0. The van der Waals surface area contributed by atoms with Crippen LogP contribution in [0.4, 0.5) is 5.95 Å². The molecule has 0 aliphatic rings. The highest BCUT2D eigenvalue weighted by Crippen LogP contribution is 2.14. The van der Waals surface area contributed by atoms with E-state index in [2.05, 4.69) is 9.97 Å². The molecule has 0 amide bonds. The van der Waals surface area contributed by atoms with Crippen LogP contribution in [0.15, 0.2) is 16.1 Å². The SMILES string of the molecule is CSc1cc(S(C)=O)nc(N)n1. The lowest BCUT2D eigenvalue weighted by atomic mass is 10.7. The quantitative estimate of drug-likeness (QED) is 0.560. The smallest absolute Gasteiger partial charge is 0.222 e. The van der Waals surface area contributed by atoms with Crippen molar-refractivity contribution in [1.29, 1.82) is 0 Å². The first-order valence-electron chi connectivity index (χ1n) is 3.15. The summed E-state index contributed by atoms with van der Waals surface area (Å²) in [6, 6.07) is 1.68. The zero-order chi connectivity index (χ0) is 9.14. The Kier molecular flexibility index (Phi) is 3.05. The molecular weight excluding hydrogens is 194 g/mol. The molecule has 1 unspecified atom stereocenters. The second-order valence-corrected chi connectivity index (χ2v) is 4.21. The van der Waals surface area contributed by atoms with Gasteiger partial charge < -0.3 is 5.73 Å². The van der Waals surface area contributed by atoms with E-state index in [1.54, 1.807) is 12.3 Å². The fraction of sp³-hybridized carbons (Fsp3) is 0.333. The largest absolute Gasteiger partial charge is 0.368 e. The highest BCUT2D eigenvalue weighted by molar-refractivity contribution is 7.98. The van der Waals surface area contributed by atoms with Gasteiger partial charge in [-0.05, 0) is 6.26 Å². The lowest BCUT2D eigenvalue weighted by Crippen LogP contribution is -2.01. The van der Waals surface area contributed by atoms with Crippen LogP contribution in [0.2, 0.25) is 0 Å². The Bertz CT molecular complexity index is 316. The van der Waals surface area contributed by atoms with Gasteiger partial charge in [-0.15, -0.1) is 11.8 Å². The maximum atomic E-state index is 11.0. The van der Waals surface area contributed by atoms with Gasteiger partial charge in [-0.2, -0.15) is 0 Å². The molecule has 1 aromatic heterocycles. The van der Waals surface area contributed by atoms with Crippen molar-refractivity contribution >= 4 is 28.5 Å². The predicted octanol–water partition coefficient (Wildman–Crippen LogP) is 0.518. The average molecular weight is 203 g/mol. The monoisotopic (exact) mass is 203 g/mol. The summed E-state index contributed by atoms with van der Waals surface area (Å²) in [4.78, 5) is 7.76. The number of nitrogens with zero attached hydrogens (tertiary/aromatic N) is 2. The van der Waals surface area contributed by atoms with Crippen molar-refractivity contribution in [3.63, 3.8) is 0 Å². The first-order chi connectivity index (χ1) is 5.63. The third-order valence-corrected chi connectivity index (χ3v) is 2.63. The van der Waals surface area contributed by atoms with Crippen LogP contribution in [0, 0.1) is 0 Å². The molecule has 2 N–H and O–H groups in total. The number of hydrogen-bond acceptors (Lipinski definition) is 5. The number of nitrogens with two attached hydrogens (primary N) is 1. The molecule has 6 heteroatoms. The maximum Gasteiger partial charge on any atom is 0.222 e. The van der Waals surface area contributed by atoms with Crippen molar-refractivity contribution in [2.75, 3.05) is 18.2 Å². The lowest BCUT2D eigenvalue weighted by molar-refractivity contribution is 0.683. The normalized spacial score (nSPS) is 12.8. The summed E-state index contributed by atoms with van der Waals surface area (Å²) < 4.78 is 11.0. The van der Waals surface area contributed by atoms with Crippen LogP contribution in [0.1, 0.15) is 0 Å². The standard InChI is InChI=1S/C6H9N3OS2/c1-11-4-3-5(12(2)10)9-6(7)8-4/h3H,1-2H3,(H2,7,8,9). The Morgan fingerprint density at radius 1 is 1.58 bits per heavy atom. The van der Waals surface area contributed by atoms with E-state index in [0.29, 0.717) is 5.03 Å². The number of thioether (sulfide) groups is 1. The van der Waals surface area contributed by atoms with Gasteiger partial charge in [0.05, 0.1) is 10.8 Å². The minimum absolute atomic E-state index is 0.173. The van der Waals surface area contributed by atoms with Gasteiger partial charge in [-0.25, -0.2) is 9.97 Å². The minimum atomic E-state index is -1.10. The molecule has 1 heterocycles. The fourth-order valence-corrected chi connectivity index (χ4v) is 1.66. The Morgan fingerprint density at radius 2 is 2.25 bits per heavy atom. The molecule has 0 aliphatic carbocycles. The molecule has 0 spiro atoms. The number of aromatic nitrogens is 2. The summed E-state index contributed by atoms with van der Waals surface area (Å²) in [5, 5.41) is 1.22. The third-order valence-electron chi connectivity index (χ3n) is 1.20. The van der Waals surface area contributed by atoms with Crippen LogP contribution >= 0.6 is 11.8 Å². The van der Waals surface area contributed by atoms with Crippen LogP contribution in [0.25, 0.3) is 0 Å². The van der Waals surface area contributed by atoms with Crippen LogP contribution in [0.5, 0.6) is 0 Å². The Morgan fingerprint density at radius 3 is 2.75 bits per heavy atom. The van der Waals surface area contributed by atoms with Crippen molar-refractivity contribution in [3.8, 4) is 0 Å². The number of hydrogen-bond donors (Lipinski definition) is 1. The molecule has 4 nitrogen and oxygen atoms in total. The molecule has 66 valence electrons. The van der Waals surface area contributed by atoms with Crippen LogP contribution in [-0.4, -0.2) is 26.7 Å². The second-order valence-electron chi connectivity index (χ2n) is 2.06. The number of nitrogen functional groups attached to an aromatic ring is 1. The Balaban J connectivity index is 3.15. The van der Waals surface area contributed by atoms with Gasteiger partial charge in [0.1, 0.15) is 10.1 Å². The van der Waals surface area contributed by atoms with Gasteiger partial charge in [0.15, 0.2) is 0 Å². The minimum Gasteiger partial charge on any atom is -0.368 e. The van der Waals surface area contributed by atoms with E-state index in [9.17, 15) is 4.21 Å². The lowest BCUT2D eigenvalue weighted by Gasteiger charge is -1.99. The van der Waals surface area contributed by atoms with E-state index in [-0.39, 0.29) is 5.95 Å². The molecule has 0 bridgehead atoms. The molecule has 0 aliphatic heterocycles. The summed E-state index contributed by atoms with van der Waals surface area (Å²) in [5.74, 6) is 0.173. The number of anilines is 1. The van der Waals surface area contributed by atoms with E-state index in [0.717, 1.165) is 5.03 Å². The summed E-state index contributed by atoms with van der Waals surface area (Å²) >= 11 is 1.45. The molecule has 0 fully saturated rings. The zero-order valence-corrected chi connectivity index (χ0v) is 8.41. The molecule has 0 aromatic carbocycles. The molecule has 0 saturated carbocycles. The maximum absolute atomic E-state index is 11.0. The first-order valence-corrected chi connectivity index (χ1v) is 5.93. The molecule has 1 atom stereocenters. The van der Waals surface area contributed by atoms with E-state index >= 15 is 0 Å². The van der Waals surface area contributed by atoms with E-state index in [1.807, 2.05) is 6.26 Å². The van der Waals surface area contributed by atoms with Crippen molar-refractivity contribution < 1.29 is 4.21 Å². The van der Waals surface area contributed by atoms with Gasteiger partial charge in [0.2, 0.25) is 5.95 Å². The van der Waals surface area contributed by atoms with Crippen molar-refractivity contribution in [2.45, 2.75) is 10.1 Å². The average Bonchev–Trinajstić information content (AvgIpc) is 2.03. The van der Waals surface area contributed by atoms with Crippen molar-refractivity contribution in [3.05, 3.63) is 6.07 Å².